The summed E-state index contributed by atoms with van der Waals surface area (Å²) in [6, 6.07) is 19.4. The third-order valence-electron chi connectivity index (χ3n) is 7.24. The number of aliphatic hydroxyl groups excluding tert-OH is 1. The zero-order valence-corrected chi connectivity index (χ0v) is 26.5. The number of benzene rings is 3. The summed E-state index contributed by atoms with van der Waals surface area (Å²) < 4.78 is 0. The molecule has 3 amide bonds. The quantitative estimate of drug-likeness (QED) is 0.149. The van der Waals surface area contributed by atoms with Gasteiger partial charge in [-0.15, -0.1) is 5.92 Å². The van der Waals surface area contributed by atoms with Crippen molar-refractivity contribution in [1.29, 1.82) is 0 Å². The van der Waals surface area contributed by atoms with Gasteiger partial charge in [-0.2, -0.15) is 0 Å². The molecule has 0 spiro atoms. The number of likely N-dealkylation sites (N-methyl/N-ethyl adjacent to an activating group) is 1. The van der Waals surface area contributed by atoms with Crippen molar-refractivity contribution in [2.75, 3.05) is 26.2 Å². The highest BCUT2D eigenvalue weighted by Crippen LogP contribution is 2.17. The minimum absolute atomic E-state index is 0.0339. The topological polar surface area (TPSA) is 122 Å². The van der Waals surface area contributed by atoms with Gasteiger partial charge in [0.25, 0.3) is 17.7 Å². The van der Waals surface area contributed by atoms with E-state index in [0.29, 0.717) is 36.3 Å². The van der Waals surface area contributed by atoms with Crippen LogP contribution in [0.2, 0.25) is 0 Å². The van der Waals surface area contributed by atoms with E-state index in [4.69, 9.17) is 0 Å². The van der Waals surface area contributed by atoms with Gasteiger partial charge in [-0.25, -0.2) is 5.01 Å². The van der Waals surface area contributed by atoms with Gasteiger partial charge in [-0.05, 0) is 74.2 Å². The maximum absolute atomic E-state index is 13.8. The Labute approximate surface area is 266 Å². The number of nitrogens with one attached hydrogen (secondary N) is 2. The lowest BCUT2D eigenvalue weighted by Gasteiger charge is -2.30. The van der Waals surface area contributed by atoms with Crippen LogP contribution in [0.15, 0.2) is 72.8 Å². The Balaban J connectivity index is 1.88. The normalized spacial score (nSPS) is 12.0. The predicted octanol–water partition coefficient (Wildman–Crippen LogP) is 4.39. The summed E-state index contributed by atoms with van der Waals surface area (Å²) in [5, 5.41) is 25.8. The third kappa shape index (κ3) is 10.5. The molecule has 0 aliphatic carbocycles. The first-order valence-corrected chi connectivity index (χ1v) is 15.4. The Bertz CT molecular complexity index is 1470. The highest BCUT2D eigenvalue weighted by atomic mass is 16.3. The van der Waals surface area contributed by atoms with Crippen molar-refractivity contribution in [3.05, 3.63) is 101 Å². The standard InChI is InChI=1S/C36H44N4O5/c1-5-12-27-21-29(24-30(22-27)36(45)39(19-6-2)20-7-3)34(43)37-32(23-26-15-17-31(41)18-16-26)33(42)25-40(8-4)38-35(44)28-13-10-9-11-14-28/h9-11,13-18,21-22,24,32-33,41-42H,6-8,19-20,23,25H2,1-4H3,(H,37,43)(H,38,44). The van der Waals surface area contributed by atoms with E-state index >= 15 is 0 Å². The van der Waals surface area contributed by atoms with Crippen LogP contribution in [0.4, 0.5) is 0 Å². The third-order valence-corrected chi connectivity index (χ3v) is 7.24. The largest absolute Gasteiger partial charge is 0.508 e. The molecule has 0 radical (unpaired) electrons. The van der Waals surface area contributed by atoms with Gasteiger partial charge in [0, 0.05) is 48.4 Å². The Kier molecular flexibility index (Phi) is 13.6. The molecule has 238 valence electrons. The van der Waals surface area contributed by atoms with Crippen molar-refractivity contribution in [2.45, 2.75) is 59.1 Å². The molecule has 0 fully saturated rings. The number of carbonyl (C=O) groups excluding carboxylic acids is 3. The Hall–Kier alpha value is -4.65. The van der Waals surface area contributed by atoms with Gasteiger partial charge in [-0.1, -0.05) is 57.0 Å². The van der Waals surface area contributed by atoms with Crippen LogP contribution in [0, 0.1) is 11.8 Å². The molecular weight excluding hydrogens is 568 g/mol. The van der Waals surface area contributed by atoms with Gasteiger partial charge in [0.1, 0.15) is 5.75 Å². The van der Waals surface area contributed by atoms with Crippen molar-refractivity contribution in [1.82, 2.24) is 20.7 Å². The van der Waals surface area contributed by atoms with Crippen LogP contribution in [0.25, 0.3) is 0 Å². The summed E-state index contributed by atoms with van der Waals surface area (Å²) in [6.07, 6.45) is 0.775. The number of hydrogen-bond acceptors (Lipinski definition) is 6. The van der Waals surface area contributed by atoms with Crippen LogP contribution in [0.5, 0.6) is 5.75 Å². The molecule has 0 heterocycles. The molecule has 2 atom stereocenters. The molecule has 0 aliphatic rings. The molecule has 2 unspecified atom stereocenters. The fourth-order valence-corrected chi connectivity index (χ4v) is 4.96. The molecule has 3 aromatic rings. The summed E-state index contributed by atoms with van der Waals surface area (Å²) in [5.74, 6) is 4.96. The molecule has 4 N–H and O–H groups in total. The van der Waals surface area contributed by atoms with E-state index in [2.05, 4.69) is 22.6 Å². The van der Waals surface area contributed by atoms with Crippen LogP contribution in [-0.4, -0.2) is 76.2 Å². The summed E-state index contributed by atoms with van der Waals surface area (Å²) in [7, 11) is 0. The van der Waals surface area contributed by atoms with Crippen LogP contribution in [0.3, 0.4) is 0 Å². The summed E-state index contributed by atoms with van der Waals surface area (Å²) in [4.78, 5) is 41.8. The van der Waals surface area contributed by atoms with Gasteiger partial charge < -0.3 is 20.4 Å². The first-order valence-electron chi connectivity index (χ1n) is 15.4. The summed E-state index contributed by atoms with van der Waals surface area (Å²) >= 11 is 0. The monoisotopic (exact) mass is 612 g/mol. The molecule has 0 aliphatic heterocycles. The Morgan fingerprint density at radius 1 is 0.844 bits per heavy atom. The van der Waals surface area contributed by atoms with Crippen molar-refractivity contribution in [2.24, 2.45) is 0 Å². The van der Waals surface area contributed by atoms with E-state index in [1.165, 1.54) is 0 Å². The lowest BCUT2D eigenvalue weighted by atomic mass is 9.99. The first-order chi connectivity index (χ1) is 21.7. The summed E-state index contributed by atoms with van der Waals surface area (Å²) in [5.41, 5.74) is 5.26. The molecule has 3 aromatic carbocycles. The number of hydrogen-bond donors (Lipinski definition) is 4. The number of hydrazine groups is 1. The maximum Gasteiger partial charge on any atom is 0.265 e. The second-order valence-electron chi connectivity index (χ2n) is 10.8. The number of nitrogens with zero attached hydrogens (tertiary/aromatic N) is 2. The van der Waals surface area contributed by atoms with E-state index in [9.17, 15) is 24.6 Å². The average molecular weight is 613 g/mol. The Morgan fingerprint density at radius 2 is 1.49 bits per heavy atom. The van der Waals surface area contributed by atoms with E-state index in [-0.39, 0.29) is 36.1 Å². The number of rotatable bonds is 15. The van der Waals surface area contributed by atoms with Gasteiger partial charge in [0.05, 0.1) is 12.1 Å². The smallest absolute Gasteiger partial charge is 0.265 e. The zero-order chi connectivity index (χ0) is 32.8. The highest BCUT2D eigenvalue weighted by Gasteiger charge is 2.26. The molecule has 9 heteroatoms. The first kappa shape index (κ1) is 34.8. The van der Waals surface area contributed by atoms with E-state index < -0.39 is 18.1 Å². The van der Waals surface area contributed by atoms with Crippen molar-refractivity contribution < 1.29 is 24.6 Å². The minimum Gasteiger partial charge on any atom is -0.508 e. The average Bonchev–Trinajstić information content (AvgIpc) is 3.04. The SMILES string of the molecule is CC#Cc1cc(C(=O)NC(Cc2ccc(O)cc2)C(O)CN(CC)NC(=O)c2ccccc2)cc(C(=O)N(CCC)CCC)c1. The molecule has 0 bridgehead atoms. The summed E-state index contributed by atoms with van der Waals surface area (Å²) in [6.45, 7) is 9.22. The molecule has 3 rings (SSSR count). The van der Waals surface area contributed by atoms with E-state index in [1.54, 1.807) is 83.6 Å². The number of aromatic hydroxyl groups is 1. The number of amides is 3. The van der Waals surface area contributed by atoms with Gasteiger partial charge >= 0.3 is 0 Å². The molecule has 0 saturated heterocycles. The molecule has 45 heavy (non-hydrogen) atoms. The molecular formula is C36H44N4O5. The van der Waals surface area contributed by atoms with Gasteiger partial charge in [0.15, 0.2) is 0 Å². The fraction of sp³-hybridized carbons (Fsp3) is 0.361. The predicted molar refractivity (Wildman–Crippen MR) is 176 cm³/mol. The second-order valence-corrected chi connectivity index (χ2v) is 10.8. The second kappa shape index (κ2) is 17.6. The number of aliphatic hydroxyl groups is 1. The van der Waals surface area contributed by atoms with Crippen LogP contribution < -0.4 is 10.7 Å². The Morgan fingerprint density at radius 3 is 2.09 bits per heavy atom. The van der Waals surface area contributed by atoms with Crippen LogP contribution in [0.1, 0.15) is 82.7 Å². The van der Waals surface area contributed by atoms with E-state index in [1.807, 2.05) is 26.8 Å². The van der Waals surface area contributed by atoms with Crippen LogP contribution in [-0.2, 0) is 6.42 Å². The minimum atomic E-state index is -1.09. The molecule has 9 nitrogen and oxygen atoms in total. The maximum atomic E-state index is 13.8. The lowest BCUT2D eigenvalue weighted by Crippen LogP contribution is -2.53. The van der Waals surface area contributed by atoms with Crippen molar-refractivity contribution >= 4 is 17.7 Å². The molecule has 0 saturated carbocycles. The zero-order valence-electron chi connectivity index (χ0n) is 26.5. The van der Waals surface area contributed by atoms with Crippen molar-refractivity contribution in [3.63, 3.8) is 0 Å². The van der Waals surface area contributed by atoms with Gasteiger partial charge in [-0.3, -0.25) is 19.8 Å². The lowest BCUT2D eigenvalue weighted by molar-refractivity contribution is 0.0471. The number of phenols is 1. The molecule has 0 aromatic heterocycles. The number of carbonyl (C=O) groups is 3. The van der Waals surface area contributed by atoms with Gasteiger partial charge in [0.2, 0.25) is 0 Å². The highest BCUT2D eigenvalue weighted by molar-refractivity contribution is 6.00. The van der Waals surface area contributed by atoms with E-state index in [0.717, 1.165) is 18.4 Å². The van der Waals surface area contributed by atoms with Crippen LogP contribution >= 0.6 is 0 Å². The van der Waals surface area contributed by atoms with Crippen molar-refractivity contribution in [3.8, 4) is 17.6 Å². The number of phenolic OH excluding ortho intramolecular Hbond substituents is 1. The fourth-order valence-electron chi connectivity index (χ4n) is 4.96.